The monoisotopic (exact) mass is 583 g/mol. The van der Waals surface area contributed by atoms with Crippen LogP contribution in [-0.4, -0.2) is 67.6 Å². The van der Waals surface area contributed by atoms with Crippen molar-refractivity contribution >= 4 is 17.5 Å². The molecule has 1 aliphatic heterocycles. The third kappa shape index (κ3) is 7.01. The number of nitrogens with one attached hydrogen (secondary N) is 2. The predicted molar refractivity (Wildman–Crippen MR) is 142 cm³/mol. The Hall–Kier alpha value is -4.03. The van der Waals surface area contributed by atoms with Gasteiger partial charge in [-0.15, -0.1) is 0 Å². The number of phenols is 1. The molecule has 13 heteroatoms. The second-order valence-corrected chi connectivity index (χ2v) is 10.5. The van der Waals surface area contributed by atoms with Crippen molar-refractivity contribution in [1.82, 2.24) is 10.2 Å². The Bertz CT molecular complexity index is 1340. The molecule has 2 aromatic carbocycles. The number of fused-ring (bicyclic) bond motifs is 1. The molecule has 0 spiro atoms. The lowest BCUT2D eigenvalue weighted by Gasteiger charge is -2.24. The number of benzene rings is 2. The first-order chi connectivity index (χ1) is 19.1. The van der Waals surface area contributed by atoms with Crippen LogP contribution < -0.4 is 19.5 Å². The Morgan fingerprint density at radius 3 is 2.34 bits per heavy atom. The van der Waals surface area contributed by atoms with E-state index in [0.29, 0.717) is 11.1 Å². The third-order valence-corrected chi connectivity index (χ3v) is 6.52. The minimum atomic E-state index is -4.96. The summed E-state index contributed by atoms with van der Waals surface area (Å²) in [5, 5.41) is 21.1. The number of ether oxygens (including phenoxy) is 3. The lowest BCUT2D eigenvalue weighted by molar-refractivity contribution is -0.173. The molecule has 3 N–H and O–H groups in total. The first kappa shape index (κ1) is 31.5. The van der Waals surface area contributed by atoms with E-state index in [9.17, 15) is 27.9 Å². The highest BCUT2D eigenvalue weighted by molar-refractivity contribution is 6.06. The van der Waals surface area contributed by atoms with Gasteiger partial charge in [0, 0.05) is 24.2 Å². The van der Waals surface area contributed by atoms with Gasteiger partial charge in [0.1, 0.15) is 5.84 Å². The quantitative estimate of drug-likeness (QED) is 0.199. The van der Waals surface area contributed by atoms with Crippen molar-refractivity contribution in [2.75, 3.05) is 33.9 Å². The average Bonchev–Trinajstić information content (AvgIpc) is 3.19. The second kappa shape index (κ2) is 12.2. The number of methoxy groups -OCH3 is 2. The van der Waals surface area contributed by atoms with E-state index < -0.39 is 29.1 Å². The highest BCUT2D eigenvalue weighted by atomic mass is 19.4. The number of ketones is 1. The summed E-state index contributed by atoms with van der Waals surface area (Å²) in [7, 11) is 2.66. The van der Waals surface area contributed by atoms with Crippen molar-refractivity contribution in [3.05, 3.63) is 46.3 Å². The fourth-order valence-corrected chi connectivity index (χ4v) is 4.39. The molecule has 9 nitrogen and oxygen atoms in total. The zero-order chi connectivity index (χ0) is 30.7. The van der Waals surface area contributed by atoms with Gasteiger partial charge in [-0.25, -0.2) is 4.39 Å². The van der Waals surface area contributed by atoms with Crippen LogP contribution in [-0.2, 0) is 16.8 Å². The second-order valence-electron chi connectivity index (χ2n) is 10.5. The fourth-order valence-electron chi connectivity index (χ4n) is 4.39. The van der Waals surface area contributed by atoms with Crippen molar-refractivity contribution in [3.63, 3.8) is 0 Å². The summed E-state index contributed by atoms with van der Waals surface area (Å²) in [5.74, 6) is -3.50. The number of hydrogen-bond donors (Lipinski definition) is 3. The summed E-state index contributed by atoms with van der Waals surface area (Å²) < 4.78 is 67.9. The van der Waals surface area contributed by atoms with Gasteiger partial charge in [-0.3, -0.25) is 15.0 Å². The van der Waals surface area contributed by atoms with Gasteiger partial charge in [-0.05, 0) is 42.0 Å². The number of amidine groups is 1. The summed E-state index contributed by atoms with van der Waals surface area (Å²) in [6.07, 6.45) is -4.50. The largest absolute Gasteiger partial charge is 0.504 e. The number of aromatic hydroxyl groups is 1. The lowest BCUT2D eigenvalue weighted by Crippen LogP contribution is -2.37. The van der Waals surface area contributed by atoms with Crippen LogP contribution in [0.3, 0.4) is 0 Å². The van der Waals surface area contributed by atoms with Crippen molar-refractivity contribution in [3.8, 4) is 23.0 Å². The van der Waals surface area contributed by atoms with Crippen molar-refractivity contribution < 1.29 is 46.5 Å². The Balaban J connectivity index is 1.75. The molecule has 0 radical (unpaired) electrons. The van der Waals surface area contributed by atoms with Gasteiger partial charge < -0.3 is 29.5 Å². The van der Waals surface area contributed by atoms with Crippen molar-refractivity contribution in [1.29, 1.82) is 5.41 Å². The maximum Gasteiger partial charge on any atom is 0.471 e. The Labute approximate surface area is 234 Å². The molecule has 0 bridgehead atoms. The van der Waals surface area contributed by atoms with E-state index in [-0.39, 0.29) is 79.0 Å². The Kier molecular flexibility index (Phi) is 9.40. The van der Waals surface area contributed by atoms with Crippen LogP contribution in [0.4, 0.5) is 17.6 Å². The normalized spacial score (nSPS) is 13.2. The SMILES string of the molecule is COc1cc2c(c(F)c1OC)C(=N)N(CC(=O)c1cc(OCCCCNC(=O)C(F)(F)F)c(O)c(C(C)(C)C)c1)C2. The first-order valence-electron chi connectivity index (χ1n) is 12.8. The molecule has 0 atom stereocenters. The number of hydrogen-bond acceptors (Lipinski definition) is 7. The molecule has 0 unspecified atom stereocenters. The standard InChI is InChI=1S/C28H33F4N3O6/c1-27(2,3)17-10-15(11-19(23(17)37)41-9-7-6-8-34-26(38)28(30,31)32)18(36)14-35-13-16-12-20(39-4)24(40-5)22(29)21(16)25(35)33/h10-12,33,37H,6-9,13-14H2,1-5H3,(H,34,38). The summed E-state index contributed by atoms with van der Waals surface area (Å²) in [4.78, 5) is 25.7. The molecule has 0 aliphatic carbocycles. The van der Waals surface area contributed by atoms with E-state index in [1.54, 1.807) is 11.4 Å². The number of unbranched alkanes of at least 4 members (excludes halogenated alkanes) is 1. The molecule has 3 rings (SSSR count). The van der Waals surface area contributed by atoms with Gasteiger partial charge in [0.25, 0.3) is 0 Å². The summed E-state index contributed by atoms with van der Waals surface area (Å²) >= 11 is 0. The number of alkyl halides is 3. The van der Waals surface area contributed by atoms with E-state index in [0.717, 1.165) is 0 Å². The van der Waals surface area contributed by atoms with E-state index in [1.807, 2.05) is 20.8 Å². The van der Waals surface area contributed by atoms with Crippen LogP contribution in [0, 0.1) is 11.2 Å². The predicted octanol–water partition coefficient (Wildman–Crippen LogP) is 4.71. The number of nitrogens with zero attached hydrogens (tertiary/aromatic N) is 1. The number of amides is 1. The molecular weight excluding hydrogens is 550 g/mol. The van der Waals surface area contributed by atoms with Crippen molar-refractivity contribution in [2.24, 2.45) is 0 Å². The number of rotatable bonds is 11. The van der Waals surface area contributed by atoms with Crippen LogP contribution in [0.25, 0.3) is 0 Å². The number of carbonyl (C=O) groups is 2. The topological polar surface area (TPSA) is 121 Å². The maximum atomic E-state index is 15.1. The van der Waals surface area contributed by atoms with E-state index >= 15 is 4.39 Å². The summed E-state index contributed by atoms with van der Waals surface area (Å²) in [6, 6.07) is 4.46. The van der Waals surface area contributed by atoms with Gasteiger partial charge >= 0.3 is 12.1 Å². The van der Waals surface area contributed by atoms with Crippen LogP contribution in [0.1, 0.15) is 60.7 Å². The molecular formula is C28H33F4N3O6. The van der Waals surface area contributed by atoms with Gasteiger partial charge in [-0.1, -0.05) is 20.8 Å². The minimum Gasteiger partial charge on any atom is -0.504 e. The van der Waals surface area contributed by atoms with Gasteiger partial charge in [-0.2, -0.15) is 13.2 Å². The highest BCUT2D eigenvalue weighted by Crippen LogP contribution is 2.40. The molecule has 41 heavy (non-hydrogen) atoms. The number of halogens is 4. The number of carbonyl (C=O) groups excluding carboxylic acids is 2. The summed E-state index contributed by atoms with van der Waals surface area (Å²) in [6.45, 7) is 5.13. The van der Waals surface area contributed by atoms with E-state index in [2.05, 4.69) is 0 Å². The fraction of sp³-hybridized carbons (Fsp3) is 0.464. The molecule has 0 saturated carbocycles. The molecule has 1 heterocycles. The van der Waals surface area contributed by atoms with Crippen LogP contribution >= 0.6 is 0 Å². The van der Waals surface area contributed by atoms with E-state index in [4.69, 9.17) is 19.6 Å². The van der Waals surface area contributed by atoms with Crippen LogP contribution in [0.15, 0.2) is 18.2 Å². The molecule has 1 aliphatic rings. The zero-order valence-electron chi connectivity index (χ0n) is 23.4. The van der Waals surface area contributed by atoms with E-state index in [1.165, 1.54) is 31.3 Å². The molecule has 0 fully saturated rings. The lowest BCUT2D eigenvalue weighted by atomic mass is 9.84. The Morgan fingerprint density at radius 1 is 1.07 bits per heavy atom. The first-order valence-corrected chi connectivity index (χ1v) is 12.8. The van der Waals surface area contributed by atoms with Crippen LogP contribution in [0.5, 0.6) is 23.0 Å². The highest BCUT2D eigenvalue weighted by Gasteiger charge is 2.38. The number of phenolic OH excluding ortho intramolecular Hbond substituents is 1. The maximum absolute atomic E-state index is 15.1. The zero-order valence-corrected chi connectivity index (χ0v) is 23.4. The van der Waals surface area contributed by atoms with Crippen molar-refractivity contribution in [2.45, 2.75) is 51.7 Å². The molecule has 0 saturated heterocycles. The molecule has 224 valence electrons. The van der Waals surface area contributed by atoms with Gasteiger partial charge in [0.15, 0.2) is 34.6 Å². The number of Topliss-reactive ketones (excluding diaryl/α,β-unsaturated/α-hetero) is 1. The summed E-state index contributed by atoms with van der Waals surface area (Å²) in [5.41, 5.74) is 0.518. The Morgan fingerprint density at radius 2 is 1.76 bits per heavy atom. The minimum absolute atomic E-state index is 0.00565. The molecule has 0 aromatic heterocycles. The molecule has 1 amide bonds. The average molecular weight is 584 g/mol. The smallest absolute Gasteiger partial charge is 0.471 e. The molecule has 2 aromatic rings. The van der Waals surface area contributed by atoms with Crippen LogP contribution in [0.2, 0.25) is 0 Å². The third-order valence-electron chi connectivity index (χ3n) is 6.52. The van der Waals surface area contributed by atoms with Gasteiger partial charge in [0.05, 0.1) is 32.9 Å². The van der Waals surface area contributed by atoms with Gasteiger partial charge in [0.2, 0.25) is 0 Å².